The van der Waals surface area contributed by atoms with Crippen LogP contribution in [0.25, 0.3) is 10.2 Å². The fourth-order valence-corrected chi connectivity index (χ4v) is 5.97. The zero-order valence-corrected chi connectivity index (χ0v) is 16.3. The van der Waals surface area contributed by atoms with Gasteiger partial charge in [-0.15, -0.1) is 11.3 Å². The standard InChI is InChI=1S/C20H29N3OS/c1-12-9-10-15-16(11-12)25-20-17(15)19(24)22-18(23-20)13(2)21-14-7-5-3-4-6-8-14/h12-14,21H,3-11H2,1-2H3,(H,22,23,24)/p+1/t12-,13+/m0/s1. The van der Waals surface area contributed by atoms with E-state index >= 15 is 0 Å². The first kappa shape index (κ1) is 17.2. The Bertz CT molecular complexity index is 801. The van der Waals surface area contributed by atoms with Crippen molar-refractivity contribution in [2.45, 2.75) is 83.7 Å². The van der Waals surface area contributed by atoms with Gasteiger partial charge in [-0.3, -0.25) is 4.79 Å². The number of quaternary nitrogens is 1. The second-order valence-corrected chi connectivity index (χ2v) is 9.30. The molecule has 0 aliphatic heterocycles. The van der Waals surface area contributed by atoms with Crippen LogP contribution < -0.4 is 10.9 Å². The van der Waals surface area contributed by atoms with E-state index in [9.17, 15) is 4.79 Å². The van der Waals surface area contributed by atoms with Crippen molar-refractivity contribution in [1.82, 2.24) is 9.97 Å². The van der Waals surface area contributed by atoms with Gasteiger partial charge in [-0.1, -0.05) is 19.8 Å². The molecular weight excluding hydrogens is 330 g/mol. The van der Waals surface area contributed by atoms with E-state index in [-0.39, 0.29) is 11.6 Å². The summed E-state index contributed by atoms with van der Waals surface area (Å²) in [5.41, 5.74) is 1.35. The number of nitrogens with one attached hydrogen (secondary N) is 1. The Hall–Kier alpha value is -1.20. The van der Waals surface area contributed by atoms with Gasteiger partial charge in [-0.2, -0.15) is 0 Å². The molecule has 2 aliphatic carbocycles. The number of H-pyrrole nitrogens is 1. The number of aromatic nitrogens is 2. The van der Waals surface area contributed by atoms with Gasteiger partial charge in [0.25, 0.3) is 5.56 Å². The van der Waals surface area contributed by atoms with Crippen molar-refractivity contribution in [3.63, 3.8) is 0 Å². The highest BCUT2D eigenvalue weighted by Crippen LogP contribution is 2.35. The van der Waals surface area contributed by atoms with Crippen molar-refractivity contribution in [3.05, 3.63) is 26.6 Å². The topological polar surface area (TPSA) is 62.4 Å². The maximum atomic E-state index is 12.8. The molecule has 2 aliphatic rings. The first-order valence-electron chi connectivity index (χ1n) is 10.0. The molecule has 1 fully saturated rings. The summed E-state index contributed by atoms with van der Waals surface area (Å²) in [5, 5.41) is 3.31. The predicted molar refractivity (Wildman–Crippen MR) is 103 cm³/mol. The minimum absolute atomic E-state index is 0.0770. The van der Waals surface area contributed by atoms with Crippen LogP contribution in [-0.4, -0.2) is 16.0 Å². The molecule has 2 atom stereocenters. The number of hydrogen-bond acceptors (Lipinski definition) is 3. The van der Waals surface area contributed by atoms with Gasteiger partial charge in [0.05, 0.1) is 11.4 Å². The SMILES string of the molecule is C[C@H]1CCc2c(sc3nc([C@@H](C)[NH2+]C4CCCCCC4)[nH]c(=O)c23)C1. The minimum Gasteiger partial charge on any atom is -0.335 e. The number of fused-ring (bicyclic) bond motifs is 3. The molecule has 4 rings (SSSR count). The maximum Gasteiger partial charge on any atom is 0.260 e. The molecule has 2 aromatic heterocycles. The van der Waals surface area contributed by atoms with Gasteiger partial charge in [0.15, 0.2) is 5.82 Å². The Balaban J connectivity index is 1.61. The third-order valence-corrected chi connectivity index (χ3v) is 7.22. The first-order chi connectivity index (χ1) is 12.1. The van der Waals surface area contributed by atoms with Crippen LogP contribution >= 0.6 is 11.3 Å². The average Bonchev–Trinajstić information content (AvgIpc) is 2.75. The summed E-state index contributed by atoms with van der Waals surface area (Å²) in [7, 11) is 0. The molecule has 1 saturated carbocycles. The highest BCUT2D eigenvalue weighted by atomic mass is 32.1. The van der Waals surface area contributed by atoms with Crippen LogP contribution in [0.4, 0.5) is 0 Å². The van der Waals surface area contributed by atoms with Crippen molar-refractivity contribution in [3.8, 4) is 0 Å². The summed E-state index contributed by atoms with van der Waals surface area (Å²) in [6.07, 6.45) is 11.3. The molecule has 25 heavy (non-hydrogen) atoms. The third-order valence-electron chi connectivity index (χ3n) is 6.08. The molecule has 0 bridgehead atoms. The lowest BCUT2D eigenvalue weighted by Crippen LogP contribution is -2.90. The van der Waals surface area contributed by atoms with E-state index in [0.29, 0.717) is 6.04 Å². The van der Waals surface area contributed by atoms with Gasteiger partial charge in [0.2, 0.25) is 0 Å². The number of rotatable bonds is 3. The molecule has 0 saturated heterocycles. The van der Waals surface area contributed by atoms with E-state index in [1.54, 1.807) is 11.3 Å². The Kier molecular flexibility index (Phi) is 4.96. The molecule has 0 radical (unpaired) electrons. The fourth-order valence-electron chi connectivity index (χ4n) is 4.58. The van der Waals surface area contributed by atoms with E-state index in [0.717, 1.165) is 34.8 Å². The lowest BCUT2D eigenvalue weighted by Gasteiger charge is -2.18. The molecule has 5 heteroatoms. The van der Waals surface area contributed by atoms with Crippen LogP contribution in [0.15, 0.2) is 4.79 Å². The Morgan fingerprint density at radius 3 is 2.72 bits per heavy atom. The van der Waals surface area contributed by atoms with Crippen LogP contribution in [0.1, 0.15) is 81.1 Å². The summed E-state index contributed by atoms with van der Waals surface area (Å²) in [6.45, 7) is 4.49. The lowest BCUT2D eigenvalue weighted by molar-refractivity contribution is -0.727. The largest absolute Gasteiger partial charge is 0.335 e. The van der Waals surface area contributed by atoms with E-state index in [1.807, 2.05) is 0 Å². The molecule has 0 amide bonds. The van der Waals surface area contributed by atoms with Crippen molar-refractivity contribution >= 4 is 21.6 Å². The van der Waals surface area contributed by atoms with E-state index in [2.05, 4.69) is 24.1 Å². The number of aryl methyl sites for hydroxylation is 1. The summed E-state index contributed by atoms with van der Waals surface area (Å²) in [5.74, 6) is 1.58. The summed E-state index contributed by atoms with van der Waals surface area (Å²) in [6, 6.07) is 0.897. The monoisotopic (exact) mass is 360 g/mol. The molecule has 3 N–H and O–H groups in total. The molecule has 0 spiro atoms. The molecular formula is C20H30N3OS+. The van der Waals surface area contributed by atoms with Crippen LogP contribution in [0.5, 0.6) is 0 Å². The van der Waals surface area contributed by atoms with Crippen molar-refractivity contribution < 1.29 is 5.32 Å². The Morgan fingerprint density at radius 2 is 1.96 bits per heavy atom. The van der Waals surface area contributed by atoms with Crippen LogP contribution in [0, 0.1) is 5.92 Å². The van der Waals surface area contributed by atoms with Gasteiger partial charge in [-0.05, 0) is 63.4 Å². The molecule has 2 aromatic rings. The molecule has 0 unspecified atom stereocenters. The average molecular weight is 361 g/mol. The molecule has 4 nitrogen and oxygen atoms in total. The smallest absolute Gasteiger partial charge is 0.260 e. The Labute approximate surface area is 153 Å². The molecule has 136 valence electrons. The van der Waals surface area contributed by atoms with E-state index in [1.165, 1.54) is 55.4 Å². The number of aromatic amines is 1. The van der Waals surface area contributed by atoms with Crippen molar-refractivity contribution in [2.24, 2.45) is 5.92 Å². The molecule has 2 heterocycles. The number of nitrogens with zero attached hydrogens (tertiary/aromatic N) is 1. The molecule has 0 aromatic carbocycles. The predicted octanol–water partition coefficient (Wildman–Crippen LogP) is 3.46. The third kappa shape index (κ3) is 3.54. The van der Waals surface area contributed by atoms with Crippen molar-refractivity contribution in [2.75, 3.05) is 0 Å². The highest BCUT2D eigenvalue weighted by molar-refractivity contribution is 7.18. The van der Waals surface area contributed by atoms with E-state index in [4.69, 9.17) is 4.98 Å². The van der Waals surface area contributed by atoms with E-state index < -0.39 is 0 Å². The summed E-state index contributed by atoms with van der Waals surface area (Å²) in [4.78, 5) is 23.1. The number of hydrogen-bond donors (Lipinski definition) is 2. The van der Waals surface area contributed by atoms with Gasteiger partial charge in [0, 0.05) is 4.88 Å². The quantitative estimate of drug-likeness (QED) is 0.824. The van der Waals surface area contributed by atoms with Crippen LogP contribution in [0.2, 0.25) is 0 Å². The second kappa shape index (κ2) is 7.20. The first-order valence-corrected chi connectivity index (χ1v) is 10.8. The number of thiophene rings is 1. The Morgan fingerprint density at radius 1 is 1.20 bits per heavy atom. The van der Waals surface area contributed by atoms with Gasteiger partial charge in [0.1, 0.15) is 10.9 Å². The number of nitrogens with two attached hydrogens (primary N) is 1. The minimum atomic E-state index is 0.0770. The van der Waals surface area contributed by atoms with Crippen molar-refractivity contribution in [1.29, 1.82) is 0 Å². The maximum absolute atomic E-state index is 12.8. The second-order valence-electron chi connectivity index (χ2n) is 8.22. The fraction of sp³-hybridized carbons (Fsp3) is 0.700. The van der Waals surface area contributed by atoms with Crippen LogP contribution in [-0.2, 0) is 12.8 Å². The van der Waals surface area contributed by atoms with Gasteiger partial charge < -0.3 is 10.3 Å². The van der Waals surface area contributed by atoms with Gasteiger partial charge in [-0.25, -0.2) is 4.98 Å². The van der Waals surface area contributed by atoms with Gasteiger partial charge >= 0.3 is 0 Å². The zero-order valence-electron chi connectivity index (χ0n) is 15.4. The lowest BCUT2D eigenvalue weighted by atomic mass is 9.89. The zero-order chi connectivity index (χ0) is 17.4. The summed E-state index contributed by atoms with van der Waals surface area (Å²) < 4.78 is 0. The van der Waals surface area contributed by atoms with Crippen LogP contribution in [0.3, 0.4) is 0 Å². The normalized spacial score (nSPS) is 23.4. The summed E-state index contributed by atoms with van der Waals surface area (Å²) >= 11 is 1.75. The highest BCUT2D eigenvalue weighted by Gasteiger charge is 2.25.